The lowest BCUT2D eigenvalue weighted by atomic mass is 10.2. The highest BCUT2D eigenvalue weighted by molar-refractivity contribution is 5.93. The number of halogens is 1. The van der Waals surface area contributed by atoms with E-state index >= 15 is 0 Å². The summed E-state index contributed by atoms with van der Waals surface area (Å²) in [7, 11) is 3.91. The summed E-state index contributed by atoms with van der Waals surface area (Å²) in [5.41, 5.74) is -0.0305. The van der Waals surface area contributed by atoms with Crippen LogP contribution in [0, 0.1) is 15.9 Å². The van der Waals surface area contributed by atoms with Gasteiger partial charge in [-0.3, -0.25) is 14.9 Å². The Labute approximate surface area is 127 Å². The maximum atomic E-state index is 14.4. The second kappa shape index (κ2) is 6.27. The summed E-state index contributed by atoms with van der Waals surface area (Å²) >= 11 is 0. The molecule has 7 nitrogen and oxygen atoms in total. The molecule has 120 valence electrons. The standard InChI is InChI=1S/C14H19FN4O3/c1-9(20)16-13-7-11(19(21)22)6-12(15)14(13)18-5-4-10(8-18)17(2)3/h6-7,10H,4-5,8H2,1-3H3,(H,16,20). The maximum Gasteiger partial charge on any atom is 0.274 e. The lowest BCUT2D eigenvalue weighted by Gasteiger charge is -2.24. The van der Waals surface area contributed by atoms with Crippen molar-refractivity contribution in [3.8, 4) is 0 Å². The van der Waals surface area contributed by atoms with Gasteiger partial charge in [-0.15, -0.1) is 0 Å². The first-order valence-corrected chi connectivity index (χ1v) is 6.96. The Kier molecular flexibility index (Phi) is 4.60. The van der Waals surface area contributed by atoms with Crippen LogP contribution in [0.1, 0.15) is 13.3 Å². The molecule has 1 atom stereocenters. The molecule has 0 bridgehead atoms. The van der Waals surface area contributed by atoms with Gasteiger partial charge in [0.1, 0.15) is 0 Å². The first-order valence-electron chi connectivity index (χ1n) is 6.96. The van der Waals surface area contributed by atoms with E-state index in [1.165, 1.54) is 13.0 Å². The third-order valence-electron chi connectivity index (χ3n) is 3.78. The number of nitro groups is 1. The fourth-order valence-corrected chi connectivity index (χ4v) is 2.66. The zero-order valence-corrected chi connectivity index (χ0v) is 12.8. The van der Waals surface area contributed by atoms with E-state index in [2.05, 4.69) is 10.2 Å². The van der Waals surface area contributed by atoms with E-state index in [1.54, 1.807) is 0 Å². The number of nitro benzene ring substituents is 1. The number of rotatable bonds is 4. The molecular formula is C14H19FN4O3. The minimum Gasteiger partial charge on any atom is -0.366 e. The summed E-state index contributed by atoms with van der Waals surface area (Å²) in [6.07, 6.45) is 0.864. The Morgan fingerprint density at radius 2 is 2.18 bits per heavy atom. The summed E-state index contributed by atoms with van der Waals surface area (Å²) in [6, 6.07) is 2.37. The molecule has 1 amide bonds. The zero-order valence-electron chi connectivity index (χ0n) is 12.8. The molecule has 1 aliphatic rings. The summed E-state index contributed by atoms with van der Waals surface area (Å²) < 4.78 is 14.4. The van der Waals surface area contributed by atoms with Crippen molar-refractivity contribution in [3.05, 3.63) is 28.1 Å². The van der Waals surface area contributed by atoms with Crippen molar-refractivity contribution >= 4 is 23.0 Å². The molecule has 1 aromatic carbocycles. The predicted octanol–water partition coefficient (Wildman–Crippen LogP) is 1.83. The number of nitrogens with one attached hydrogen (secondary N) is 1. The van der Waals surface area contributed by atoms with E-state index < -0.39 is 16.6 Å². The predicted molar refractivity (Wildman–Crippen MR) is 81.7 cm³/mol. The Bertz CT molecular complexity index is 606. The fraction of sp³-hybridized carbons (Fsp3) is 0.500. The number of amides is 1. The number of carbonyl (C=O) groups is 1. The Morgan fingerprint density at radius 1 is 1.50 bits per heavy atom. The number of benzene rings is 1. The largest absolute Gasteiger partial charge is 0.366 e. The second-order valence-corrected chi connectivity index (χ2v) is 5.61. The molecule has 1 aliphatic heterocycles. The van der Waals surface area contributed by atoms with Crippen molar-refractivity contribution in [1.29, 1.82) is 0 Å². The van der Waals surface area contributed by atoms with Gasteiger partial charge in [0, 0.05) is 32.1 Å². The number of carbonyl (C=O) groups excluding carboxylic acids is 1. The SMILES string of the molecule is CC(=O)Nc1cc([N+](=O)[O-])cc(F)c1N1CCC(N(C)C)C1. The van der Waals surface area contributed by atoms with Gasteiger partial charge in [-0.05, 0) is 20.5 Å². The van der Waals surface area contributed by atoms with Crippen molar-refractivity contribution < 1.29 is 14.1 Å². The third kappa shape index (κ3) is 3.33. The molecule has 8 heteroatoms. The molecule has 0 saturated carbocycles. The molecule has 0 aromatic heterocycles. The number of non-ortho nitro benzene ring substituents is 1. The van der Waals surface area contributed by atoms with Gasteiger partial charge >= 0.3 is 0 Å². The van der Waals surface area contributed by atoms with Gasteiger partial charge in [0.2, 0.25) is 5.91 Å². The van der Waals surface area contributed by atoms with Crippen molar-refractivity contribution in [2.45, 2.75) is 19.4 Å². The summed E-state index contributed by atoms with van der Waals surface area (Å²) in [4.78, 5) is 25.4. The van der Waals surface area contributed by atoms with E-state index in [9.17, 15) is 19.3 Å². The summed E-state index contributed by atoms with van der Waals surface area (Å²) in [6.45, 7) is 2.52. The molecular weight excluding hydrogens is 291 g/mol. The Morgan fingerprint density at radius 3 is 2.68 bits per heavy atom. The first-order chi connectivity index (χ1) is 10.3. The van der Waals surface area contributed by atoms with E-state index in [1.807, 2.05) is 19.0 Å². The quantitative estimate of drug-likeness (QED) is 0.678. The van der Waals surface area contributed by atoms with Gasteiger partial charge in [0.05, 0.1) is 22.4 Å². The van der Waals surface area contributed by atoms with E-state index in [0.29, 0.717) is 13.1 Å². The highest BCUT2D eigenvalue weighted by atomic mass is 19.1. The van der Waals surface area contributed by atoms with Crippen molar-refractivity contribution in [2.75, 3.05) is 37.4 Å². The van der Waals surface area contributed by atoms with Crippen LogP contribution in [0.4, 0.5) is 21.5 Å². The van der Waals surface area contributed by atoms with Gasteiger partial charge in [-0.25, -0.2) is 4.39 Å². The molecule has 1 unspecified atom stereocenters. The minimum atomic E-state index is -0.697. The monoisotopic (exact) mass is 310 g/mol. The fourth-order valence-electron chi connectivity index (χ4n) is 2.66. The van der Waals surface area contributed by atoms with Gasteiger partial charge in [-0.1, -0.05) is 0 Å². The van der Waals surface area contributed by atoms with E-state index in [0.717, 1.165) is 12.5 Å². The van der Waals surface area contributed by atoms with Crippen LogP contribution < -0.4 is 10.2 Å². The molecule has 2 rings (SSSR count). The summed E-state index contributed by atoms with van der Waals surface area (Å²) in [5.74, 6) is -1.10. The first kappa shape index (κ1) is 16.2. The zero-order chi connectivity index (χ0) is 16.4. The van der Waals surface area contributed by atoms with Crippen LogP contribution in [-0.4, -0.2) is 49.0 Å². The van der Waals surface area contributed by atoms with Crippen molar-refractivity contribution in [2.24, 2.45) is 0 Å². The number of likely N-dealkylation sites (N-methyl/N-ethyl adjacent to an activating group) is 1. The van der Waals surface area contributed by atoms with Gasteiger partial charge in [0.25, 0.3) is 5.69 Å². The third-order valence-corrected chi connectivity index (χ3v) is 3.78. The van der Waals surface area contributed by atoms with Crippen LogP contribution in [0.2, 0.25) is 0 Å². The van der Waals surface area contributed by atoms with Gasteiger partial charge in [0.15, 0.2) is 5.82 Å². The molecule has 1 heterocycles. The molecule has 1 saturated heterocycles. The van der Waals surface area contributed by atoms with Crippen LogP contribution in [-0.2, 0) is 4.79 Å². The van der Waals surface area contributed by atoms with Crippen LogP contribution in [0.3, 0.4) is 0 Å². The normalized spacial score (nSPS) is 17.9. The van der Waals surface area contributed by atoms with Crippen LogP contribution >= 0.6 is 0 Å². The molecule has 0 aliphatic carbocycles. The lowest BCUT2D eigenvalue weighted by Crippen LogP contribution is -2.32. The smallest absolute Gasteiger partial charge is 0.274 e. The summed E-state index contributed by atoms with van der Waals surface area (Å²) in [5, 5.41) is 13.4. The lowest BCUT2D eigenvalue weighted by molar-refractivity contribution is -0.385. The average molecular weight is 310 g/mol. The molecule has 1 aromatic rings. The Hall–Kier alpha value is -2.22. The maximum absolute atomic E-state index is 14.4. The highest BCUT2D eigenvalue weighted by Crippen LogP contribution is 2.35. The molecule has 0 spiro atoms. The van der Waals surface area contributed by atoms with Gasteiger partial charge < -0.3 is 15.1 Å². The van der Waals surface area contributed by atoms with Crippen LogP contribution in [0.15, 0.2) is 12.1 Å². The van der Waals surface area contributed by atoms with Gasteiger partial charge in [-0.2, -0.15) is 0 Å². The number of nitrogens with zero attached hydrogens (tertiary/aromatic N) is 3. The van der Waals surface area contributed by atoms with Crippen molar-refractivity contribution in [1.82, 2.24) is 4.90 Å². The topological polar surface area (TPSA) is 78.7 Å². The number of hydrogen-bond donors (Lipinski definition) is 1. The van der Waals surface area contributed by atoms with Crippen molar-refractivity contribution in [3.63, 3.8) is 0 Å². The molecule has 0 radical (unpaired) electrons. The minimum absolute atomic E-state index is 0.138. The molecule has 22 heavy (non-hydrogen) atoms. The second-order valence-electron chi connectivity index (χ2n) is 5.61. The number of anilines is 2. The van der Waals surface area contributed by atoms with E-state index in [-0.39, 0.29) is 23.1 Å². The number of hydrogen-bond acceptors (Lipinski definition) is 5. The van der Waals surface area contributed by atoms with Crippen LogP contribution in [0.5, 0.6) is 0 Å². The Balaban J connectivity index is 2.41. The molecule has 1 N–H and O–H groups in total. The average Bonchev–Trinajstić information content (AvgIpc) is 2.86. The molecule has 1 fully saturated rings. The highest BCUT2D eigenvalue weighted by Gasteiger charge is 2.29. The van der Waals surface area contributed by atoms with Crippen LogP contribution in [0.25, 0.3) is 0 Å². The van der Waals surface area contributed by atoms with E-state index in [4.69, 9.17) is 0 Å².